The highest BCUT2D eigenvalue weighted by Crippen LogP contribution is 2.26. The Hall–Kier alpha value is -2.58. The Morgan fingerprint density at radius 1 is 1.35 bits per heavy atom. The molecule has 0 saturated carbocycles. The first-order valence-electron chi connectivity index (χ1n) is 6.09. The van der Waals surface area contributed by atoms with Gasteiger partial charge in [-0.3, -0.25) is 4.79 Å². The lowest BCUT2D eigenvalue weighted by Crippen LogP contribution is -2.14. The normalized spacial score (nSPS) is 11.7. The molecule has 5 nitrogen and oxygen atoms in total. The average molecular weight is 270 g/mol. The van der Waals surface area contributed by atoms with E-state index in [-0.39, 0.29) is 12.0 Å². The Bertz CT molecular complexity index is 701. The van der Waals surface area contributed by atoms with Crippen molar-refractivity contribution in [3.8, 4) is 11.8 Å². The second kappa shape index (κ2) is 6.04. The smallest absolute Gasteiger partial charge is 0.266 e. The molecule has 0 radical (unpaired) electrons. The predicted octanol–water partition coefficient (Wildman–Crippen LogP) is 1.53. The van der Waals surface area contributed by atoms with Gasteiger partial charge < -0.3 is 14.8 Å². The molecule has 0 bridgehead atoms. The SMILES string of the molecule is COc1ccccc1C(O)Cc1ccc(C#N)c(=O)[nH]1. The fourth-order valence-electron chi connectivity index (χ4n) is 1.98. The summed E-state index contributed by atoms with van der Waals surface area (Å²) in [5.74, 6) is 0.594. The van der Waals surface area contributed by atoms with Gasteiger partial charge >= 0.3 is 0 Å². The number of aliphatic hydroxyl groups excluding tert-OH is 1. The zero-order valence-electron chi connectivity index (χ0n) is 11.0. The summed E-state index contributed by atoms with van der Waals surface area (Å²) < 4.78 is 5.19. The van der Waals surface area contributed by atoms with E-state index < -0.39 is 11.7 Å². The summed E-state index contributed by atoms with van der Waals surface area (Å²) in [5, 5.41) is 18.9. The van der Waals surface area contributed by atoms with Gasteiger partial charge in [-0.2, -0.15) is 5.26 Å². The van der Waals surface area contributed by atoms with Crippen LogP contribution in [-0.2, 0) is 6.42 Å². The van der Waals surface area contributed by atoms with Gasteiger partial charge in [-0.15, -0.1) is 0 Å². The molecule has 1 heterocycles. The maximum absolute atomic E-state index is 11.5. The third-order valence-corrected chi connectivity index (χ3v) is 3.00. The molecule has 1 aromatic carbocycles. The number of aliphatic hydroxyl groups is 1. The highest BCUT2D eigenvalue weighted by Gasteiger charge is 2.14. The number of rotatable bonds is 4. The first kappa shape index (κ1) is 13.8. The number of nitrogens with zero attached hydrogens (tertiary/aromatic N) is 1. The molecular formula is C15H14N2O3. The van der Waals surface area contributed by atoms with Gasteiger partial charge in [0.1, 0.15) is 17.4 Å². The van der Waals surface area contributed by atoms with E-state index in [1.807, 2.05) is 12.1 Å². The van der Waals surface area contributed by atoms with E-state index in [1.54, 1.807) is 24.3 Å². The lowest BCUT2D eigenvalue weighted by Gasteiger charge is -2.14. The molecule has 5 heteroatoms. The van der Waals surface area contributed by atoms with Gasteiger partial charge in [-0.1, -0.05) is 18.2 Å². The molecule has 0 aliphatic carbocycles. The Morgan fingerprint density at radius 2 is 2.10 bits per heavy atom. The number of methoxy groups -OCH3 is 1. The summed E-state index contributed by atoms with van der Waals surface area (Å²) in [6, 6.07) is 12.0. The highest BCUT2D eigenvalue weighted by molar-refractivity contribution is 5.36. The quantitative estimate of drug-likeness (QED) is 0.882. The van der Waals surface area contributed by atoms with E-state index >= 15 is 0 Å². The summed E-state index contributed by atoms with van der Waals surface area (Å²) in [5.41, 5.74) is 0.824. The first-order chi connectivity index (χ1) is 9.65. The van der Waals surface area contributed by atoms with E-state index in [0.717, 1.165) is 0 Å². The Morgan fingerprint density at radius 3 is 2.75 bits per heavy atom. The molecule has 1 unspecified atom stereocenters. The van der Waals surface area contributed by atoms with Crippen LogP contribution in [0.1, 0.15) is 22.9 Å². The molecule has 0 amide bonds. The number of nitriles is 1. The van der Waals surface area contributed by atoms with Crippen LogP contribution in [0, 0.1) is 11.3 Å². The number of H-pyrrole nitrogens is 1. The van der Waals surface area contributed by atoms with Crippen molar-refractivity contribution >= 4 is 0 Å². The van der Waals surface area contributed by atoms with E-state index in [2.05, 4.69) is 4.98 Å². The molecule has 2 N–H and O–H groups in total. The van der Waals surface area contributed by atoms with Crippen molar-refractivity contribution in [1.29, 1.82) is 5.26 Å². The Kier molecular flexibility index (Phi) is 4.18. The van der Waals surface area contributed by atoms with Gasteiger partial charge in [0.05, 0.1) is 13.2 Å². The van der Waals surface area contributed by atoms with Gasteiger partial charge in [0.2, 0.25) is 0 Å². The summed E-state index contributed by atoms with van der Waals surface area (Å²) >= 11 is 0. The van der Waals surface area contributed by atoms with Crippen LogP contribution >= 0.6 is 0 Å². The predicted molar refractivity (Wildman–Crippen MR) is 73.4 cm³/mol. The maximum Gasteiger partial charge on any atom is 0.266 e. The summed E-state index contributed by atoms with van der Waals surface area (Å²) in [6.45, 7) is 0. The molecule has 1 aromatic heterocycles. The fraction of sp³-hybridized carbons (Fsp3) is 0.200. The minimum Gasteiger partial charge on any atom is -0.496 e. The number of pyridine rings is 1. The lowest BCUT2D eigenvalue weighted by atomic mass is 10.0. The van der Waals surface area contributed by atoms with Crippen LogP contribution in [-0.4, -0.2) is 17.2 Å². The minimum absolute atomic E-state index is 0.0560. The van der Waals surface area contributed by atoms with Crippen LogP contribution in [0.25, 0.3) is 0 Å². The topological polar surface area (TPSA) is 86.1 Å². The first-order valence-corrected chi connectivity index (χ1v) is 6.09. The molecule has 102 valence electrons. The van der Waals surface area contributed by atoms with Crippen molar-refractivity contribution in [2.24, 2.45) is 0 Å². The molecule has 0 aliphatic heterocycles. The van der Waals surface area contributed by atoms with Gasteiger partial charge in [0, 0.05) is 17.7 Å². The van der Waals surface area contributed by atoms with E-state index in [4.69, 9.17) is 10.00 Å². The van der Waals surface area contributed by atoms with E-state index in [9.17, 15) is 9.90 Å². The summed E-state index contributed by atoms with van der Waals surface area (Å²) in [4.78, 5) is 14.1. The van der Waals surface area contributed by atoms with Crippen LogP contribution in [0.3, 0.4) is 0 Å². The molecule has 2 rings (SSSR count). The molecule has 1 atom stereocenters. The van der Waals surface area contributed by atoms with Crippen molar-refractivity contribution in [2.45, 2.75) is 12.5 Å². The number of hydrogen-bond acceptors (Lipinski definition) is 4. The number of hydrogen-bond donors (Lipinski definition) is 2. The van der Waals surface area contributed by atoms with E-state index in [0.29, 0.717) is 17.0 Å². The average Bonchev–Trinajstić information content (AvgIpc) is 2.47. The van der Waals surface area contributed by atoms with Crippen molar-refractivity contribution in [1.82, 2.24) is 4.98 Å². The van der Waals surface area contributed by atoms with Crippen molar-refractivity contribution in [3.63, 3.8) is 0 Å². The monoisotopic (exact) mass is 270 g/mol. The number of benzene rings is 1. The third kappa shape index (κ3) is 2.87. The van der Waals surface area contributed by atoms with E-state index in [1.165, 1.54) is 13.2 Å². The number of nitrogens with one attached hydrogen (secondary N) is 1. The molecular weight excluding hydrogens is 256 g/mol. The highest BCUT2D eigenvalue weighted by atomic mass is 16.5. The lowest BCUT2D eigenvalue weighted by molar-refractivity contribution is 0.173. The summed E-state index contributed by atoms with van der Waals surface area (Å²) in [7, 11) is 1.54. The number of ether oxygens (including phenoxy) is 1. The van der Waals surface area contributed by atoms with Gasteiger partial charge in [-0.25, -0.2) is 0 Å². The van der Waals surface area contributed by atoms with Gasteiger partial charge in [0.15, 0.2) is 0 Å². The molecule has 0 fully saturated rings. The number of aromatic amines is 1. The number of para-hydroxylation sites is 1. The van der Waals surface area contributed by atoms with Crippen LogP contribution in [0.2, 0.25) is 0 Å². The second-order valence-electron chi connectivity index (χ2n) is 4.30. The Balaban J connectivity index is 2.24. The molecule has 20 heavy (non-hydrogen) atoms. The van der Waals surface area contributed by atoms with Gasteiger partial charge in [0.25, 0.3) is 5.56 Å². The molecule has 0 spiro atoms. The van der Waals surface area contributed by atoms with Crippen molar-refractivity contribution in [3.05, 3.63) is 63.6 Å². The largest absolute Gasteiger partial charge is 0.496 e. The third-order valence-electron chi connectivity index (χ3n) is 3.00. The molecule has 0 aliphatic rings. The Labute approximate surface area is 116 Å². The minimum atomic E-state index is -0.797. The van der Waals surface area contributed by atoms with Gasteiger partial charge in [-0.05, 0) is 18.2 Å². The van der Waals surface area contributed by atoms with Crippen LogP contribution < -0.4 is 10.3 Å². The number of aromatic nitrogens is 1. The van der Waals surface area contributed by atoms with Crippen LogP contribution in [0.4, 0.5) is 0 Å². The molecule has 0 saturated heterocycles. The zero-order valence-corrected chi connectivity index (χ0v) is 11.0. The maximum atomic E-state index is 11.5. The fourth-order valence-corrected chi connectivity index (χ4v) is 1.98. The van der Waals surface area contributed by atoms with Crippen molar-refractivity contribution in [2.75, 3.05) is 7.11 Å². The molecule has 2 aromatic rings. The van der Waals surface area contributed by atoms with Crippen LogP contribution in [0.15, 0.2) is 41.2 Å². The second-order valence-corrected chi connectivity index (χ2v) is 4.30. The zero-order chi connectivity index (χ0) is 14.5. The standard InChI is InChI=1S/C15H14N2O3/c1-20-14-5-3-2-4-12(14)13(18)8-11-7-6-10(9-16)15(19)17-11/h2-7,13,18H,8H2,1H3,(H,17,19). The summed E-state index contributed by atoms with van der Waals surface area (Å²) in [6.07, 6.45) is -0.559. The van der Waals surface area contributed by atoms with Crippen LogP contribution in [0.5, 0.6) is 5.75 Å². The van der Waals surface area contributed by atoms with Crippen molar-refractivity contribution < 1.29 is 9.84 Å².